The third-order valence-electron chi connectivity index (χ3n) is 4.51. The number of hydrogen-bond donors (Lipinski definition) is 5. The molecule has 2 amide bonds. The highest BCUT2D eigenvalue weighted by atomic mass is 16.4. The normalized spacial score (nSPS) is 16.4. The second kappa shape index (κ2) is 7.55. The van der Waals surface area contributed by atoms with E-state index < -0.39 is 18.5 Å². The Hall–Kier alpha value is -3.26. The molecule has 2 aromatic carbocycles. The second-order valence-corrected chi connectivity index (χ2v) is 6.61. The maximum absolute atomic E-state index is 11.6. The largest absolute Gasteiger partial charge is 0.508 e. The molecule has 3 rings (SSSR count). The van der Waals surface area contributed by atoms with Gasteiger partial charge in [0.25, 0.3) is 0 Å². The molecule has 142 valence electrons. The number of urea groups is 1. The van der Waals surface area contributed by atoms with Crippen molar-refractivity contribution in [3.05, 3.63) is 53.1 Å². The number of nitrogens with one attached hydrogen (secondary N) is 2. The van der Waals surface area contributed by atoms with Crippen molar-refractivity contribution in [2.24, 2.45) is 0 Å². The van der Waals surface area contributed by atoms with Gasteiger partial charge in [0.15, 0.2) is 0 Å². The zero-order valence-electron chi connectivity index (χ0n) is 14.8. The number of aliphatic carboxylic acids is 1. The molecule has 1 unspecified atom stereocenters. The second-order valence-electron chi connectivity index (χ2n) is 6.61. The zero-order chi connectivity index (χ0) is 19.6. The molecule has 8 nitrogen and oxygen atoms in total. The standard InChI is InChI=1S/C19H21N3O5/c1-22-9-15(14-6-13(23)7-17(24)16(14)10-22)11-2-4-12(5-3-11)21-19(27)20-8-18(25)26/h2-7,15,23-24H,8-10H2,1H3,(H,25,26)(H2,20,21,27). The SMILES string of the molecule is CN1Cc2c(O)cc(O)cc2C(c2ccc(NC(=O)NCC(=O)O)cc2)C1. The van der Waals surface area contributed by atoms with Crippen molar-refractivity contribution in [1.82, 2.24) is 10.2 Å². The molecule has 0 spiro atoms. The summed E-state index contributed by atoms with van der Waals surface area (Å²) in [6.07, 6.45) is 0. The quantitative estimate of drug-likeness (QED) is 0.559. The maximum atomic E-state index is 11.6. The van der Waals surface area contributed by atoms with Crippen LogP contribution < -0.4 is 10.6 Å². The van der Waals surface area contributed by atoms with Crippen molar-refractivity contribution in [2.75, 3.05) is 25.5 Å². The van der Waals surface area contributed by atoms with Crippen molar-refractivity contribution in [1.29, 1.82) is 0 Å². The first-order chi connectivity index (χ1) is 12.8. The Morgan fingerprint density at radius 3 is 2.56 bits per heavy atom. The molecular weight excluding hydrogens is 350 g/mol. The Morgan fingerprint density at radius 1 is 1.19 bits per heavy atom. The molecule has 0 aliphatic carbocycles. The number of carboxylic acids is 1. The number of hydrogen-bond acceptors (Lipinski definition) is 5. The highest BCUT2D eigenvalue weighted by Crippen LogP contribution is 2.39. The van der Waals surface area contributed by atoms with Crippen LogP contribution in [0.2, 0.25) is 0 Å². The minimum Gasteiger partial charge on any atom is -0.508 e. The molecule has 0 saturated carbocycles. The third-order valence-corrected chi connectivity index (χ3v) is 4.51. The Balaban J connectivity index is 1.80. The summed E-state index contributed by atoms with van der Waals surface area (Å²) in [5.74, 6) is -1.05. The molecule has 0 fully saturated rings. The Labute approximate surface area is 156 Å². The van der Waals surface area contributed by atoms with Gasteiger partial charge < -0.3 is 30.9 Å². The predicted octanol–water partition coefficient (Wildman–Crippen LogP) is 1.88. The Bertz CT molecular complexity index is 866. The lowest BCUT2D eigenvalue weighted by Gasteiger charge is -2.33. The first kappa shape index (κ1) is 18.5. The molecule has 1 heterocycles. The van der Waals surface area contributed by atoms with E-state index in [4.69, 9.17) is 5.11 Å². The smallest absolute Gasteiger partial charge is 0.323 e. The van der Waals surface area contributed by atoms with E-state index in [1.807, 2.05) is 19.2 Å². The van der Waals surface area contributed by atoms with E-state index in [9.17, 15) is 19.8 Å². The van der Waals surface area contributed by atoms with Gasteiger partial charge >= 0.3 is 12.0 Å². The fourth-order valence-corrected chi connectivity index (χ4v) is 3.31. The van der Waals surface area contributed by atoms with Crippen LogP contribution in [0.25, 0.3) is 0 Å². The average molecular weight is 371 g/mol. The monoisotopic (exact) mass is 371 g/mol. The minimum absolute atomic E-state index is 0.0224. The highest BCUT2D eigenvalue weighted by molar-refractivity contribution is 5.91. The summed E-state index contributed by atoms with van der Waals surface area (Å²) in [5, 5.41) is 33.4. The Kier molecular flexibility index (Phi) is 5.18. The summed E-state index contributed by atoms with van der Waals surface area (Å²) in [7, 11) is 1.96. The van der Waals surface area contributed by atoms with Gasteiger partial charge in [-0.25, -0.2) is 4.79 Å². The van der Waals surface area contributed by atoms with Crippen LogP contribution in [0.3, 0.4) is 0 Å². The third kappa shape index (κ3) is 4.29. The molecule has 1 aliphatic heterocycles. The molecule has 8 heteroatoms. The summed E-state index contributed by atoms with van der Waals surface area (Å²) in [6, 6.07) is 9.61. The molecule has 1 atom stereocenters. The van der Waals surface area contributed by atoms with Crippen LogP contribution in [-0.4, -0.2) is 52.4 Å². The topological polar surface area (TPSA) is 122 Å². The van der Waals surface area contributed by atoms with Crippen LogP contribution in [0.5, 0.6) is 11.5 Å². The van der Waals surface area contributed by atoms with E-state index in [0.29, 0.717) is 12.2 Å². The van der Waals surface area contributed by atoms with Crippen LogP contribution in [0, 0.1) is 0 Å². The van der Waals surface area contributed by atoms with Crippen LogP contribution in [0.4, 0.5) is 10.5 Å². The van der Waals surface area contributed by atoms with Crippen molar-refractivity contribution in [2.45, 2.75) is 12.5 Å². The van der Waals surface area contributed by atoms with Crippen molar-refractivity contribution < 1.29 is 24.9 Å². The van der Waals surface area contributed by atoms with E-state index in [1.54, 1.807) is 18.2 Å². The lowest BCUT2D eigenvalue weighted by Crippen LogP contribution is -2.33. The number of aromatic hydroxyl groups is 2. The number of phenolic OH excluding ortho intramolecular Hbond substituents is 2. The predicted molar refractivity (Wildman–Crippen MR) is 99.0 cm³/mol. The van der Waals surface area contributed by atoms with Crippen LogP contribution in [0.15, 0.2) is 36.4 Å². The van der Waals surface area contributed by atoms with Crippen LogP contribution >= 0.6 is 0 Å². The van der Waals surface area contributed by atoms with E-state index in [1.165, 1.54) is 6.07 Å². The molecule has 27 heavy (non-hydrogen) atoms. The van der Waals surface area contributed by atoms with Gasteiger partial charge in [0.05, 0.1) is 0 Å². The first-order valence-corrected chi connectivity index (χ1v) is 8.43. The van der Waals surface area contributed by atoms with E-state index in [2.05, 4.69) is 15.5 Å². The van der Waals surface area contributed by atoms with Gasteiger partial charge in [0, 0.05) is 36.3 Å². The molecule has 1 aliphatic rings. The van der Waals surface area contributed by atoms with E-state index in [-0.39, 0.29) is 17.4 Å². The maximum Gasteiger partial charge on any atom is 0.323 e. The van der Waals surface area contributed by atoms with E-state index >= 15 is 0 Å². The molecule has 0 radical (unpaired) electrons. The van der Waals surface area contributed by atoms with Gasteiger partial charge in [-0.2, -0.15) is 0 Å². The fourth-order valence-electron chi connectivity index (χ4n) is 3.31. The zero-order valence-corrected chi connectivity index (χ0v) is 14.8. The number of nitrogens with zero attached hydrogens (tertiary/aromatic N) is 1. The molecule has 0 aromatic heterocycles. The van der Waals surface area contributed by atoms with E-state index in [0.717, 1.165) is 23.2 Å². The fraction of sp³-hybridized carbons (Fsp3) is 0.263. The van der Waals surface area contributed by atoms with Gasteiger partial charge in [-0.3, -0.25) is 4.79 Å². The van der Waals surface area contributed by atoms with Gasteiger partial charge in [-0.05, 0) is 36.4 Å². The number of carbonyl (C=O) groups excluding carboxylic acids is 1. The summed E-state index contributed by atoms with van der Waals surface area (Å²) < 4.78 is 0. The summed E-state index contributed by atoms with van der Waals surface area (Å²) in [4.78, 5) is 24.2. The van der Waals surface area contributed by atoms with Gasteiger partial charge in [-0.15, -0.1) is 0 Å². The lowest BCUT2D eigenvalue weighted by molar-refractivity contribution is -0.135. The molecule has 5 N–H and O–H groups in total. The van der Waals surface area contributed by atoms with Gasteiger partial charge in [-0.1, -0.05) is 12.1 Å². The number of carboxylic acid groups (broad SMARTS) is 1. The summed E-state index contributed by atoms with van der Waals surface area (Å²) >= 11 is 0. The van der Waals surface area contributed by atoms with Gasteiger partial charge in [0.2, 0.25) is 0 Å². The molecule has 0 bridgehead atoms. The van der Waals surface area contributed by atoms with Crippen molar-refractivity contribution in [3.8, 4) is 11.5 Å². The number of fused-ring (bicyclic) bond motifs is 1. The van der Waals surface area contributed by atoms with Gasteiger partial charge in [0.1, 0.15) is 18.0 Å². The van der Waals surface area contributed by atoms with Crippen molar-refractivity contribution >= 4 is 17.7 Å². The molecule has 2 aromatic rings. The highest BCUT2D eigenvalue weighted by Gasteiger charge is 2.27. The molecular formula is C19H21N3O5. The number of benzene rings is 2. The number of anilines is 1. The van der Waals surface area contributed by atoms with Crippen LogP contribution in [0.1, 0.15) is 22.6 Å². The molecule has 0 saturated heterocycles. The summed E-state index contributed by atoms with van der Waals surface area (Å²) in [6.45, 7) is 0.866. The first-order valence-electron chi connectivity index (χ1n) is 8.43. The lowest BCUT2D eigenvalue weighted by atomic mass is 9.84. The number of likely N-dealkylation sites (N-methyl/N-ethyl adjacent to an activating group) is 1. The number of rotatable bonds is 4. The summed E-state index contributed by atoms with van der Waals surface area (Å²) in [5.41, 5.74) is 3.18. The average Bonchev–Trinajstić information content (AvgIpc) is 2.61. The number of phenols is 2. The van der Waals surface area contributed by atoms with Crippen molar-refractivity contribution in [3.63, 3.8) is 0 Å². The van der Waals surface area contributed by atoms with Crippen LogP contribution in [-0.2, 0) is 11.3 Å². The number of carbonyl (C=O) groups is 2. The Morgan fingerprint density at radius 2 is 1.89 bits per heavy atom. The minimum atomic E-state index is -1.12. The number of amides is 2.